The minimum absolute atomic E-state index is 0.0379. The number of carbonyl (C=O) groups is 1. The Morgan fingerprint density at radius 2 is 2.07 bits per heavy atom. The average Bonchev–Trinajstić information content (AvgIpc) is 3.06. The fraction of sp³-hybridized carbons (Fsp3) is 0.286. The highest BCUT2D eigenvalue weighted by Gasteiger charge is 2.35. The molecule has 0 saturated carbocycles. The smallest absolute Gasteiger partial charge is 0.249 e. The van der Waals surface area contributed by atoms with Crippen molar-refractivity contribution in [1.82, 2.24) is 9.88 Å². The number of carbonyl (C=O) groups excluding carboxylic acids is 1. The van der Waals surface area contributed by atoms with Crippen molar-refractivity contribution in [3.8, 4) is 5.75 Å². The summed E-state index contributed by atoms with van der Waals surface area (Å²) >= 11 is 0. The number of fused-ring (bicyclic) bond motifs is 3. The van der Waals surface area contributed by atoms with Crippen LogP contribution in [0.1, 0.15) is 22.9 Å². The molecular formula is C21H21FN2O3. The number of aromatic amines is 1. The summed E-state index contributed by atoms with van der Waals surface area (Å²) in [6, 6.07) is 12.2. The molecule has 140 valence electrons. The van der Waals surface area contributed by atoms with Crippen molar-refractivity contribution in [3.05, 3.63) is 65.1 Å². The lowest BCUT2D eigenvalue weighted by Gasteiger charge is -2.36. The summed E-state index contributed by atoms with van der Waals surface area (Å²) in [5, 5.41) is 1.12. The van der Waals surface area contributed by atoms with Crippen LogP contribution in [-0.4, -0.2) is 43.2 Å². The van der Waals surface area contributed by atoms with Crippen molar-refractivity contribution in [1.29, 1.82) is 0 Å². The molecule has 0 saturated heterocycles. The molecule has 4 rings (SSSR count). The van der Waals surface area contributed by atoms with E-state index in [1.54, 1.807) is 17.0 Å². The van der Waals surface area contributed by atoms with Crippen LogP contribution < -0.4 is 4.74 Å². The number of rotatable bonds is 4. The summed E-state index contributed by atoms with van der Waals surface area (Å²) in [5.41, 5.74) is 3.42. The summed E-state index contributed by atoms with van der Waals surface area (Å²) in [5.74, 6) is -0.123. The first kappa shape index (κ1) is 17.5. The zero-order valence-electron chi connectivity index (χ0n) is 15.3. The van der Waals surface area contributed by atoms with E-state index in [1.807, 2.05) is 18.2 Å². The van der Waals surface area contributed by atoms with Gasteiger partial charge in [0.2, 0.25) is 5.91 Å². The first-order valence-corrected chi connectivity index (χ1v) is 8.85. The lowest BCUT2D eigenvalue weighted by molar-refractivity contribution is -0.137. The number of aromatic nitrogens is 1. The monoisotopic (exact) mass is 368 g/mol. The van der Waals surface area contributed by atoms with Gasteiger partial charge in [-0.15, -0.1) is 0 Å². The van der Waals surface area contributed by atoms with Gasteiger partial charge in [-0.05, 0) is 30.2 Å². The van der Waals surface area contributed by atoms with E-state index in [0.29, 0.717) is 24.3 Å². The molecule has 0 aliphatic carbocycles. The second-order valence-electron chi connectivity index (χ2n) is 6.62. The first-order valence-electron chi connectivity index (χ1n) is 8.85. The number of hydrogen-bond donors (Lipinski definition) is 1. The van der Waals surface area contributed by atoms with Crippen molar-refractivity contribution in [2.45, 2.75) is 12.5 Å². The fourth-order valence-corrected chi connectivity index (χ4v) is 3.90. The van der Waals surface area contributed by atoms with Crippen molar-refractivity contribution in [2.24, 2.45) is 0 Å². The van der Waals surface area contributed by atoms with E-state index in [4.69, 9.17) is 9.47 Å². The van der Waals surface area contributed by atoms with Gasteiger partial charge >= 0.3 is 0 Å². The molecule has 2 heterocycles. The van der Waals surface area contributed by atoms with Crippen LogP contribution in [0.3, 0.4) is 0 Å². The largest absolute Gasteiger partial charge is 0.497 e. The van der Waals surface area contributed by atoms with E-state index in [9.17, 15) is 9.18 Å². The Bertz CT molecular complexity index is 998. The Balaban J connectivity index is 1.89. The van der Waals surface area contributed by atoms with Crippen LogP contribution in [-0.2, 0) is 16.0 Å². The molecule has 2 aromatic carbocycles. The highest BCUT2D eigenvalue weighted by molar-refractivity contribution is 5.86. The summed E-state index contributed by atoms with van der Waals surface area (Å²) < 4.78 is 25.1. The van der Waals surface area contributed by atoms with Crippen LogP contribution in [0.25, 0.3) is 10.9 Å². The van der Waals surface area contributed by atoms with Crippen LogP contribution in [0.4, 0.5) is 4.39 Å². The normalized spacial score (nSPS) is 16.4. The maximum atomic E-state index is 14.9. The average molecular weight is 368 g/mol. The van der Waals surface area contributed by atoms with Gasteiger partial charge < -0.3 is 19.4 Å². The van der Waals surface area contributed by atoms with Gasteiger partial charge in [0.05, 0.1) is 7.11 Å². The molecule has 1 amide bonds. The van der Waals surface area contributed by atoms with Gasteiger partial charge in [-0.2, -0.15) is 0 Å². The molecule has 1 aromatic heterocycles. The molecule has 27 heavy (non-hydrogen) atoms. The zero-order chi connectivity index (χ0) is 19.0. The van der Waals surface area contributed by atoms with Crippen molar-refractivity contribution in [3.63, 3.8) is 0 Å². The third-order valence-electron chi connectivity index (χ3n) is 5.12. The molecule has 5 nitrogen and oxygen atoms in total. The van der Waals surface area contributed by atoms with Crippen LogP contribution in [0.5, 0.6) is 5.75 Å². The van der Waals surface area contributed by atoms with Crippen LogP contribution in [0.15, 0.2) is 42.5 Å². The Labute approximate surface area is 156 Å². The molecule has 0 spiro atoms. The third kappa shape index (κ3) is 2.96. The Kier molecular flexibility index (Phi) is 4.58. The fourth-order valence-electron chi connectivity index (χ4n) is 3.90. The Hall–Kier alpha value is -2.86. The zero-order valence-corrected chi connectivity index (χ0v) is 15.3. The highest BCUT2D eigenvalue weighted by atomic mass is 19.1. The molecule has 1 aliphatic heterocycles. The number of H-pyrrole nitrogens is 1. The van der Waals surface area contributed by atoms with Gasteiger partial charge in [-0.3, -0.25) is 4.79 Å². The van der Waals surface area contributed by atoms with E-state index in [1.165, 1.54) is 20.3 Å². The summed E-state index contributed by atoms with van der Waals surface area (Å²) in [4.78, 5) is 17.8. The van der Waals surface area contributed by atoms with E-state index < -0.39 is 11.9 Å². The molecule has 3 aromatic rings. The highest BCUT2D eigenvalue weighted by Crippen LogP contribution is 2.39. The van der Waals surface area contributed by atoms with Gasteiger partial charge in [0.15, 0.2) is 0 Å². The van der Waals surface area contributed by atoms with Crippen molar-refractivity contribution < 1.29 is 18.7 Å². The number of halogens is 1. The van der Waals surface area contributed by atoms with Gasteiger partial charge in [0.25, 0.3) is 0 Å². The number of methoxy groups -OCH3 is 2. The number of hydrogen-bond acceptors (Lipinski definition) is 3. The number of nitrogens with one attached hydrogen (secondary N) is 1. The number of para-hydroxylation sites is 1. The number of ether oxygens (including phenoxy) is 2. The van der Waals surface area contributed by atoms with Gasteiger partial charge in [0, 0.05) is 41.9 Å². The van der Waals surface area contributed by atoms with E-state index in [2.05, 4.69) is 11.1 Å². The minimum Gasteiger partial charge on any atom is -0.497 e. The predicted octanol–water partition coefficient (Wildman–Crippen LogP) is 3.44. The SMILES string of the molecule is COCC(=O)N1CCc2c([nH]c3ccccc23)C1c1ccc(OC)cc1F. The van der Waals surface area contributed by atoms with E-state index in [-0.39, 0.29) is 12.5 Å². The summed E-state index contributed by atoms with van der Waals surface area (Å²) in [6.45, 7) is 0.469. The second kappa shape index (κ2) is 7.04. The molecule has 0 radical (unpaired) electrons. The lowest BCUT2D eigenvalue weighted by Crippen LogP contribution is -2.42. The van der Waals surface area contributed by atoms with E-state index >= 15 is 0 Å². The molecule has 0 fully saturated rings. The third-order valence-corrected chi connectivity index (χ3v) is 5.12. The van der Waals surface area contributed by atoms with Crippen LogP contribution in [0, 0.1) is 5.82 Å². The predicted molar refractivity (Wildman–Crippen MR) is 100 cm³/mol. The quantitative estimate of drug-likeness (QED) is 0.768. The van der Waals surface area contributed by atoms with Crippen LogP contribution >= 0.6 is 0 Å². The van der Waals surface area contributed by atoms with Gasteiger partial charge in [-0.1, -0.05) is 18.2 Å². The summed E-state index contributed by atoms with van der Waals surface area (Å²) in [6.07, 6.45) is 0.711. The molecule has 1 atom stereocenters. The van der Waals surface area contributed by atoms with Crippen LogP contribution in [0.2, 0.25) is 0 Å². The molecular weight excluding hydrogens is 347 g/mol. The first-order chi connectivity index (χ1) is 13.1. The Morgan fingerprint density at radius 3 is 2.81 bits per heavy atom. The van der Waals surface area contributed by atoms with Gasteiger partial charge in [0.1, 0.15) is 24.2 Å². The Morgan fingerprint density at radius 1 is 1.26 bits per heavy atom. The van der Waals surface area contributed by atoms with E-state index in [0.717, 1.165) is 22.2 Å². The van der Waals surface area contributed by atoms with Gasteiger partial charge in [-0.25, -0.2) is 4.39 Å². The maximum absolute atomic E-state index is 14.9. The molecule has 1 unspecified atom stereocenters. The lowest BCUT2D eigenvalue weighted by atomic mass is 9.92. The molecule has 1 aliphatic rings. The standard InChI is InChI=1S/C21H21FN2O3/c1-26-12-19(25)24-10-9-15-14-5-3-4-6-18(14)23-20(15)21(24)16-8-7-13(27-2)11-17(16)22/h3-8,11,21,23H,9-10,12H2,1-2H3. The van der Waals surface area contributed by atoms with Crippen molar-refractivity contribution >= 4 is 16.8 Å². The minimum atomic E-state index is -0.533. The molecule has 6 heteroatoms. The molecule has 1 N–H and O–H groups in total. The number of amides is 1. The maximum Gasteiger partial charge on any atom is 0.249 e. The summed E-state index contributed by atoms with van der Waals surface area (Å²) in [7, 11) is 2.98. The number of nitrogens with zero attached hydrogens (tertiary/aromatic N) is 1. The van der Waals surface area contributed by atoms with Crippen molar-refractivity contribution in [2.75, 3.05) is 27.4 Å². The topological polar surface area (TPSA) is 54.6 Å². The second-order valence-corrected chi connectivity index (χ2v) is 6.62. The molecule has 0 bridgehead atoms. The number of benzene rings is 2.